The molecular formula is C12H14FNO2. The third kappa shape index (κ3) is 2.91. The number of aliphatic imine (C=N–C) groups is 1. The molecule has 1 rings (SSSR count). The van der Waals surface area contributed by atoms with Crippen molar-refractivity contribution in [2.24, 2.45) is 4.99 Å². The fraction of sp³-hybridized carbons (Fsp3) is 0.417. The van der Waals surface area contributed by atoms with Crippen LogP contribution in [-0.2, 0) is 4.79 Å². The second-order valence-corrected chi connectivity index (χ2v) is 3.96. The number of hydrogen-bond donors (Lipinski definition) is 0. The number of rotatable bonds is 4. The number of hydrogen-bond acceptors (Lipinski definition) is 3. The van der Waals surface area contributed by atoms with Gasteiger partial charge >= 0.3 is 0 Å². The smallest absolute Gasteiger partial charge is 0.235 e. The van der Waals surface area contributed by atoms with Crippen LogP contribution in [0.15, 0.2) is 29.3 Å². The van der Waals surface area contributed by atoms with Crippen LogP contribution >= 0.6 is 0 Å². The van der Waals surface area contributed by atoms with Crippen LogP contribution in [0.25, 0.3) is 0 Å². The van der Waals surface area contributed by atoms with E-state index in [0.717, 1.165) is 0 Å². The molecule has 4 heteroatoms. The predicted molar refractivity (Wildman–Crippen MR) is 59.0 cm³/mol. The Hall–Kier alpha value is -1.67. The van der Waals surface area contributed by atoms with Crippen molar-refractivity contribution in [3.8, 4) is 5.75 Å². The largest absolute Gasteiger partial charge is 0.497 e. The number of methoxy groups -OCH3 is 1. The van der Waals surface area contributed by atoms with E-state index in [1.165, 1.54) is 27.0 Å². The first-order valence-electron chi connectivity index (χ1n) is 4.89. The third-order valence-corrected chi connectivity index (χ3v) is 2.24. The monoisotopic (exact) mass is 223 g/mol. The summed E-state index contributed by atoms with van der Waals surface area (Å²) in [6.07, 6.45) is 1.40. The molecule has 86 valence electrons. The SMILES string of the molecule is COc1cccc(C(N=C=O)C(C)(C)F)c1. The van der Waals surface area contributed by atoms with Gasteiger partial charge in [-0.05, 0) is 31.5 Å². The maximum atomic E-state index is 13.8. The average molecular weight is 223 g/mol. The fourth-order valence-corrected chi connectivity index (χ4v) is 1.49. The summed E-state index contributed by atoms with van der Waals surface area (Å²) in [6.45, 7) is 2.75. The van der Waals surface area contributed by atoms with Crippen molar-refractivity contribution in [1.82, 2.24) is 0 Å². The van der Waals surface area contributed by atoms with Crippen LogP contribution in [-0.4, -0.2) is 18.9 Å². The Morgan fingerprint density at radius 1 is 1.50 bits per heavy atom. The van der Waals surface area contributed by atoms with Crippen molar-refractivity contribution in [3.05, 3.63) is 29.8 Å². The van der Waals surface area contributed by atoms with Gasteiger partial charge in [0.05, 0.1) is 7.11 Å². The summed E-state index contributed by atoms with van der Waals surface area (Å²) >= 11 is 0. The molecule has 0 saturated heterocycles. The Labute approximate surface area is 94.0 Å². The van der Waals surface area contributed by atoms with Crippen LogP contribution in [0.5, 0.6) is 5.75 Å². The maximum absolute atomic E-state index is 13.8. The van der Waals surface area contributed by atoms with Crippen molar-refractivity contribution in [2.75, 3.05) is 7.11 Å². The van der Waals surface area contributed by atoms with Gasteiger partial charge in [0, 0.05) is 0 Å². The van der Waals surface area contributed by atoms with Gasteiger partial charge in [-0.2, -0.15) is 4.99 Å². The van der Waals surface area contributed by atoms with E-state index in [4.69, 9.17) is 4.74 Å². The van der Waals surface area contributed by atoms with E-state index in [9.17, 15) is 9.18 Å². The zero-order chi connectivity index (χ0) is 12.2. The number of halogens is 1. The molecule has 1 aromatic carbocycles. The molecule has 3 nitrogen and oxygen atoms in total. The highest BCUT2D eigenvalue weighted by Crippen LogP contribution is 2.33. The first kappa shape index (κ1) is 12.4. The lowest BCUT2D eigenvalue weighted by Crippen LogP contribution is -2.22. The highest BCUT2D eigenvalue weighted by atomic mass is 19.1. The highest BCUT2D eigenvalue weighted by molar-refractivity contribution is 5.38. The van der Waals surface area contributed by atoms with Gasteiger partial charge in [0.25, 0.3) is 0 Å². The molecule has 0 fully saturated rings. The highest BCUT2D eigenvalue weighted by Gasteiger charge is 2.30. The van der Waals surface area contributed by atoms with Gasteiger partial charge in [0.2, 0.25) is 6.08 Å². The van der Waals surface area contributed by atoms with Crippen LogP contribution in [0, 0.1) is 0 Å². The van der Waals surface area contributed by atoms with Gasteiger partial charge < -0.3 is 4.74 Å². The van der Waals surface area contributed by atoms with E-state index in [2.05, 4.69) is 4.99 Å². The van der Waals surface area contributed by atoms with Crippen LogP contribution in [0.3, 0.4) is 0 Å². The first-order valence-corrected chi connectivity index (χ1v) is 4.89. The lowest BCUT2D eigenvalue weighted by Gasteiger charge is -2.22. The molecule has 0 N–H and O–H groups in total. The Morgan fingerprint density at radius 2 is 2.19 bits per heavy atom. The number of benzene rings is 1. The number of alkyl halides is 1. The van der Waals surface area contributed by atoms with E-state index in [1.807, 2.05) is 0 Å². The molecular weight excluding hydrogens is 209 g/mol. The zero-order valence-electron chi connectivity index (χ0n) is 9.53. The number of nitrogens with zero attached hydrogens (tertiary/aromatic N) is 1. The van der Waals surface area contributed by atoms with Crippen molar-refractivity contribution >= 4 is 6.08 Å². The standard InChI is InChI=1S/C12H14FNO2/c1-12(2,13)11(14-8-15)9-5-4-6-10(7-9)16-3/h4-7,11H,1-3H3. The topological polar surface area (TPSA) is 38.7 Å². The van der Waals surface area contributed by atoms with Crippen LogP contribution in [0.4, 0.5) is 4.39 Å². The maximum Gasteiger partial charge on any atom is 0.235 e. The summed E-state index contributed by atoms with van der Waals surface area (Å²) in [4.78, 5) is 13.8. The lowest BCUT2D eigenvalue weighted by molar-refractivity contribution is 0.175. The summed E-state index contributed by atoms with van der Waals surface area (Å²) < 4.78 is 18.9. The van der Waals surface area contributed by atoms with Gasteiger partial charge in [0.1, 0.15) is 17.5 Å². The molecule has 1 atom stereocenters. The Balaban J connectivity index is 3.15. The molecule has 0 aromatic heterocycles. The van der Waals surface area contributed by atoms with E-state index in [0.29, 0.717) is 11.3 Å². The minimum atomic E-state index is -1.62. The molecule has 0 spiro atoms. The van der Waals surface area contributed by atoms with Crippen LogP contribution < -0.4 is 4.74 Å². The second kappa shape index (κ2) is 4.90. The van der Waals surface area contributed by atoms with E-state index in [-0.39, 0.29) is 0 Å². The molecule has 0 amide bonds. The molecule has 0 bridgehead atoms. The quantitative estimate of drug-likeness (QED) is 0.581. The molecule has 1 unspecified atom stereocenters. The normalized spacial score (nSPS) is 12.8. The number of ether oxygens (including phenoxy) is 1. The minimum absolute atomic E-state index is 0.593. The molecule has 0 aliphatic heterocycles. The molecule has 0 aliphatic rings. The van der Waals surface area contributed by atoms with Crippen molar-refractivity contribution in [1.29, 1.82) is 0 Å². The third-order valence-electron chi connectivity index (χ3n) is 2.24. The summed E-state index contributed by atoms with van der Waals surface area (Å²) in [5, 5.41) is 0. The number of carbonyl (C=O) groups excluding carboxylic acids is 1. The van der Waals surface area contributed by atoms with Crippen molar-refractivity contribution in [3.63, 3.8) is 0 Å². The van der Waals surface area contributed by atoms with E-state index in [1.54, 1.807) is 24.3 Å². The summed E-state index contributed by atoms with van der Waals surface area (Å²) in [7, 11) is 1.53. The van der Waals surface area contributed by atoms with Gasteiger partial charge in [-0.3, -0.25) is 0 Å². The average Bonchev–Trinajstić information content (AvgIpc) is 2.24. The Bertz CT molecular complexity index is 406. The van der Waals surface area contributed by atoms with Crippen LogP contribution in [0.1, 0.15) is 25.5 Å². The molecule has 0 saturated carbocycles. The minimum Gasteiger partial charge on any atom is -0.497 e. The Morgan fingerprint density at radius 3 is 2.69 bits per heavy atom. The molecule has 16 heavy (non-hydrogen) atoms. The van der Waals surface area contributed by atoms with Gasteiger partial charge in [0.15, 0.2) is 0 Å². The second-order valence-electron chi connectivity index (χ2n) is 3.96. The molecule has 0 radical (unpaired) electrons. The number of isocyanates is 1. The Kier molecular flexibility index (Phi) is 3.80. The van der Waals surface area contributed by atoms with Crippen molar-refractivity contribution < 1.29 is 13.9 Å². The molecule has 0 heterocycles. The summed E-state index contributed by atoms with van der Waals surface area (Å²) in [5.41, 5.74) is -1.03. The van der Waals surface area contributed by atoms with Gasteiger partial charge in [-0.15, -0.1) is 0 Å². The summed E-state index contributed by atoms with van der Waals surface area (Å²) in [6, 6.07) is 5.98. The van der Waals surface area contributed by atoms with Crippen molar-refractivity contribution in [2.45, 2.75) is 25.6 Å². The van der Waals surface area contributed by atoms with E-state index >= 15 is 0 Å². The zero-order valence-corrected chi connectivity index (χ0v) is 9.53. The van der Waals surface area contributed by atoms with E-state index < -0.39 is 11.7 Å². The lowest BCUT2D eigenvalue weighted by atomic mass is 9.94. The molecule has 1 aromatic rings. The van der Waals surface area contributed by atoms with Gasteiger partial charge in [-0.1, -0.05) is 12.1 Å². The molecule has 0 aliphatic carbocycles. The predicted octanol–water partition coefficient (Wildman–Crippen LogP) is 2.82. The first-order chi connectivity index (χ1) is 7.49. The van der Waals surface area contributed by atoms with Crippen LogP contribution in [0.2, 0.25) is 0 Å². The van der Waals surface area contributed by atoms with Gasteiger partial charge in [-0.25, -0.2) is 9.18 Å². The summed E-state index contributed by atoms with van der Waals surface area (Å²) in [5.74, 6) is 0.604. The fourth-order valence-electron chi connectivity index (χ4n) is 1.49.